The lowest BCUT2D eigenvalue weighted by Gasteiger charge is -2.36. The molecule has 0 spiro atoms. The van der Waals surface area contributed by atoms with Crippen molar-refractivity contribution in [2.45, 2.75) is 38.3 Å². The Morgan fingerprint density at radius 2 is 2.12 bits per heavy atom. The largest absolute Gasteiger partial charge is 0.494 e. The SMILES string of the molecule is CCn1cnc2c(NC3CC(c4ccc(OC)c(F)c4)C3)ncnc21. The van der Waals surface area contributed by atoms with Crippen molar-refractivity contribution in [3.8, 4) is 5.75 Å². The van der Waals surface area contributed by atoms with E-state index in [0.717, 1.165) is 41.9 Å². The lowest BCUT2D eigenvalue weighted by molar-refractivity contribution is 0.366. The van der Waals surface area contributed by atoms with Crippen LogP contribution in [-0.4, -0.2) is 32.7 Å². The van der Waals surface area contributed by atoms with Gasteiger partial charge in [-0.3, -0.25) is 0 Å². The van der Waals surface area contributed by atoms with E-state index in [0.29, 0.717) is 12.0 Å². The zero-order valence-corrected chi connectivity index (χ0v) is 14.2. The van der Waals surface area contributed by atoms with Crippen molar-refractivity contribution in [3.05, 3.63) is 42.2 Å². The monoisotopic (exact) mass is 341 g/mol. The molecule has 0 saturated heterocycles. The van der Waals surface area contributed by atoms with Gasteiger partial charge in [-0.1, -0.05) is 6.07 Å². The highest BCUT2D eigenvalue weighted by atomic mass is 19.1. The summed E-state index contributed by atoms with van der Waals surface area (Å²) in [6, 6.07) is 5.51. The predicted molar refractivity (Wildman–Crippen MR) is 93.3 cm³/mol. The fourth-order valence-electron chi connectivity index (χ4n) is 3.36. The number of benzene rings is 1. The van der Waals surface area contributed by atoms with Gasteiger partial charge in [0.05, 0.1) is 13.4 Å². The number of fused-ring (bicyclic) bond motifs is 1. The van der Waals surface area contributed by atoms with Gasteiger partial charge in [0.1, 0.15) is 11.8 Å². The highest BCUT2D eigenvalue weighted by Crippen LogP contribution is 2.39. The summed E-state index contributed by atoms with van der Waals surface area (Å²) in [4.78, 5) is 13.1. The number of rotatable bonds is 5. The number of anilines is 1. The molecular formula is C18H20FN5O. The van der Waals surface area contributed by atoms with Crippen molar-refractivity contribution in [1.82, 2.24) is 19.5 Å². The number of imidazole rings is 1. The fraction of sp³-hybridized carbons (Fsp3) is 0.389. The van der Waals surface area contributed by atoms with Crippen molar-refractivity contribution < 1.29 is 9.13 Å². The van der Waals surface area contributed by atoms with Crippen LogP contribution in [0.2, 0.25) is 0 Å². The van der Waals surface area contributed by atoms with Crippen molar-refractivity contribution in [2.75, 3.05) is 12.4 Å². The first-order valence-electron chi connectivity index (χ1n) is 8.45. The maximum Gasteiger partial charge on any atom is 0.165 e. The second-order valence-electron chi connectivity index (χ2n) is 6.33. The number of nitrogens with zero attached hydrogens (tertiary/aromatic N) is 4. The first-order valence-corrected chi connectivity index (χ1v) is 8.45. The van der Waals surface area contributed by atoms with E-state index >= 15 is 0 Å². The number of hydrogen-bond donors (Lipinski definition) is 1. The van der Waals surface area contributed by atoms with Crippen LogP contribution in [-0.2, 0) is 6.54 Å². The number of methoxy groups -OCH3 is 1. The van der Waals surface area contributed by atoms with E-state index in [1.54, 1.807) is 24.8 Å². The van der Waals surface area contributed by atoms with Crippen LogP contribution < -0.4 is 10.1 Å². The Labute approximate surface area is 145 Å². The van der Waals surface area contributed by atoms with Crippen molar-refractivity contribution in [3.63, 3.8) is 0 Å². The number of ether oxygens (including phenoxy) is 1. The van der Waals surface area contributed by atoms with E-state index < -0.39 is 0 Å². The minimum absolute atomic E-state index is 0.285. The molecule has 25 heavy (non-hydrogen) atoms. The van der Waals surface area contributed by atoms with Crippen LogP contribution in [0.3, 0.4) is 0 Å². The molecule has 0 bridgehead atoms. The number of hydrogen-bond acceptors (Lipinski definition) is 5. The summed E-state index contributed by atoms with van der Waals surface area (Å²) in [7, 11) is 1.48. The fourth-order valence-corrected chi connectivity index (χ4v) is 3.36. The second-order valence-corrected chi connectivity index (χ2v) is 6.33. The van der Waals surface area contributed by atoms with Crippen LogP contribution in [0, 0.1) is 5.82 Å². The number of aryl methyl sites for hydroxylation is 1. The third-order valence-electron chi connectivity index (χ3n) is 4.87. The summed E-state index contributed by atoms with van der Waals surface area (Å²) in [5.41, 5.74) is 2.65. The summed E-state index contributed by atoms with van der Waals surface area (Å²) in [6.07, 6.45) is 5.22. The zero-order valence-electron chi connectivity index (χ0n) is 14.2. The van der Waals surface area contributed by atoms with Gasteiger partial charge in [-0.2, -0.15) is 0 Å². The van der Waals surface area contributed by atoms with E-state index in [2.05, 4.69) is 27.2 Å². The molecule has 2 heterocycles. The van der Waals surface area contributed by atoms with Gasteiger partial charge in [0.15, 0.2) is 23.0 Å². The van der Waals surface area contributed by atoms with Crippen LogP contribution in [0.4, 0.5) is 10.2 Å². The van der Waals surface area contributed by atoms with Crippen LogP contribution in [0.5, 0.6) is 5.75 Å². The normalized spacial score (nSPS) is 19.6. The van der Waals surface area contributed by atoms with E-state index in [9.17, 15) is 4.39 Å². The molecule has 0 amide bonds. The quantitative estimate of drug-likeness (QED) is 0.771. The van der Waals surface area contributed by atoms with Gasteiger partial charge < -0.3 is 14.6 Å². The summed E-state index contributed by atoms with van der Waals surface area (Å²) in [5, 5.41) is 3.45. The number of aromatic nitrogens is 4. The molecule has 130 valence electrons. The van der Waals surface area contributed by atoms with Crippen LogP contribution in [0.15, 0.2) is 30.9 Å². The van der Waals surface area contributed by atoms with Crippen molar-refractivity contribution >= 4 is 17.0 Å². The van der Waals surface area contributed by atoms with Gasteiger partial charge in [0, 0.05) is 12.6 Å². The molecule has 3 aromatic rings. The maximum atomic E-state index is 13.9. The maximum absolute atomic E-state index is 13.9. The van der Waals surface area contributed by atoms with Crippen LogP contribution in [0.25, 0.3) is 11.2 Å². The van der Waals surface area contributed by atoms with Gasteiger partial charge in [0.25, 0.3) is 0 Å². The van der Waals surface area contributed by atoms with E-state index in [1.165, 1.54) is 7.11 Å². The molecule has 0 unspecified atom stereocenters. The first-order chi connectivity index (χ1) is 12.2. The summed E-state index contributed by atoms with van der Waals surface area (Å²) >= 11 is 0. The smallest absolute Gasteiger partial charge is 0.165 e. The third kappa shape index (κ3) is 2.79. The molecule has 0 aliphatic heterocycles. The van der Waals surface area contributed by atoms with Gasteiger partial charge in [-0.25, -0.2) is 19.3 Å². The molecule has 1 aliphatic carbocycles. The lowest BCUT2D eigenvalue weighted by Crippen LogP contribution is -2.34. The molecule has 2 aromatic heterocycles. The second kappa shape index (κ2) is 6.31. The lowest BCUT2D eigenvalue weighted by atomic mass is 9.76. The Morgan fingerprint density at radius 3 is 2.84 bits per heavy atom. The Hall–Kier alpha value is -2.70. The zero-order chi connectivity index (χ0) is 17.4. The van der Waals surface area contributed by atoms with Crippen LogP contribution >= 0.6 is 0 Å². The number of halogens is 1. The molecular weight excluding hydrogens is 321 g/mol. The Balaban J connectivity index is 1.45. The molecule has 1 aliphatic rings. The summed E-state index contributed by atoms with van der Waals surface area (Å²) in [6.45, 7) is 2.88. The molecule has 1 aromatic carbocycles. The first kappa shape index (κ1) is 15.8. The summed E-state index contributed by atoms with van der Waals surface area (Å²) < 4.78 is 20.8. The summed E-state index contributed by atoms with van der Waals surface area (Å²) in [5.74, 6) is 1.09. The highest BCUT2D eigenvalue weighted by Gasteiger charge is 2.31. The van der Waals surface area contributed by atoms with E-state index in [-0.39, 0.29) is 11.6 Å². The third-order valence-corrected chi connectivity index (χ3v) is 4.87. The van der Waals surface area contributed by atoms with Gasteiger partial charge >= 0.3 is 0 Å². The topological polar surface area (TPSA) is 64.9 Å². The average molecular weight is 341 g/mol. The molecule has 7 heteroatoms. The molecule has 1 fully saturated rings. The minimum Gasteiger partial charge on any atom is -0.494 e. The van der Waals surface area contributed by atoms with Gasteiger partial charge in [0.2, 0.25) is 0 Å². The molecule has 1 N–H and O–H groups in total. The van der Waals surface area contributed by atoms with Crippen molar-refractivity contribution in [2.24, 2.45) is 0 Å². The molecule has 4 rings (SSSR count). The molecule has 1 saturated carbocycles. The van der Waals surface area contributed by atoms with Crippen LogP contribution in [0.1, 0.15) is 31.2 Å². The molecule has 0 atom stereocenters. The standard InChI is InChI=1S/C18H20FN5O/c1-3-24-10-22-16-17(20-9-21-18(16)24)23-13-6-12(7-13)11-4-5-15(25-2)14(19)8-11/h4-5,8-10,12-13H,3,6-7H2,1-2H3,(H,20,21,23). The number of nitrogens with one attached hydrogen (secondary N) is 1. The molecule has 0 radical (unpaired) electrons. The Morgan fingerprint density at radius 1 is 1.28 bits per heavy atom. The Kier molecular flexibility index (Phi) is 3.99. The molecule has 6 nitrogen and oxygen atoms in total. The van der Waals surface area contributed by atoms with E-state index in [4.69, 9.17) is 4.74 Å². The van der Waals surface area contributed by atoms with E-state index in [1.807, 2.05) is 10.6 Å². The average Bonchev–Trinajstić information content (AvgIpc) is 3.01. The minimum atomic E-state index is -0.306. The Bertz CT molecular complexity index is 904. The van der Waals surface area contributed by atoms with Gasteiger partial charge in [-0.05, 0) is 43.4 Å². The van der Waals surface area contributed by atoms with Crippen molar-refractivity contribution in [1.29, 1.82) is 0 Å². The predicted octanol–water partition coefficient (Wildman–Crippen LogP) is 3.35. The van der Waals surface area contributed by atoms with Gasteiger partial charge in [-0.15, -0.1) is 0 Å². The highest BCUT2D eigenvalue weighted by molar-refractivity contribution is 5.82.